The molecule has 0 spiro atoms. The lowest BCUT2D eigenvalue weighted by molar-refractivity contribution is -0.135. The van der Waals surface area contributed by atoms with Crippen LogP contribution in [-0.4, -0.2) is 71.9 Å². The van der Waals surface area contributed by atoms with Gasteiger partial charge in [-0.15, -0.1) is 0 Å². The Hall–Kier alpha value is -0.650. The van der Waals surface area contributed by atoms with Crippen molar-refractivity contribution in [1.82, 2.24) is 9.80 Å². The number of aliphatic hydroxyl groups is 2. The minimum Gasteiger partial charge on any atom is -0.396 e. The van der Waals surface area contributed by atoms with Crippen molar-refractivity contribution in [3.05, 3.63) is 0 Å². The Morgan fingerprint density at radius 1 is 1.22 bits per heavy atom. The van der Waals surface area contributed by atoms with Crippen molar-refractivity contribution in [3.8, 4) is 0 Å². The highest BCUT2D eigenvalue weighted by molar-refractivity contribution is 5.76. The zero-order valence-corrected chi connectivity index (χ0v) is 11.3. The first-order valence-corrected chi connectivity index (χ1v) is 6.88. The van der Waals surface area contributed by atoms with Crippen LogP contribution in [0.25, 0.3) is 0 Å². The largest absolute Gasteiger partial charge is 0.396 e. The summed E-state index contributed by atoms with van der Waals surface area (Å²) < 4.78 is 0. The molecular formula is C13H26N2O3. The summed E-state index contributed by atoms with van der Waals surface area (Å²) in [6, 6.07) is 0.273. The molecular weight excluding hydrogens is 232 g/mol. The number of likely N-dealkylation sites (tertiary alicyclic amines) is 1. The molecule has 106 valence electrons. The molecule has 1 saturated heterocycles. The van der Waals surface area contributed by atoms with Gasteiger partial charge < -0.3 is 20.0 Å². The van der Waals surface area contributed by atoms with Crippen molar-refractivity contribution in [2.24, 2.45) is 0 Å². The number of nitrogens with zero attached hydrogens (tertiary/aromatic N) is 2. The average molecular weight is 258 g/mol. The monoisotopic (exact) mass is 258 g/mol. The first-order valence-electron chi connectivity index (χ1n) is 6.88. The summed E-state index contributed by atoms with van der Waals surface area (Å²) in [6.45, 7) is 2.62. The first kappa shape index (κ1) is 15.4. The van der Waals surface area contributed by atoms with E-state index in [-0.39, 0.29) is 25.2 Å². The van der Waals surface area contributed by atoms with Gasteiger partial charge in [-0.05, 0) is 45.8 Å². The molecule has 18 heavy (non-hydrogen) atoms. The van der Waals surface area contributed by atoms with Crippen molar-refractivity contribution >= 4 is 5.91 Å². The Morgan fingerprint density at radius 3 is 2.44 bits per heavy atom. The second kappa shape index (κ2) is 8.45. The van der Waals surface area contributed by atoms with Gasteiger partial charge in [-0.3, -0.25) is 4.79 Å². The highest BCUT2D eigenvalue weighted by atomic mass is 16.3. The van der Waals surface area contributed by atoms with Gasteiger partial charge in [-0.1, -0.05) is 0 Å². The van der Waals surface area contributed by atoms with E-state index in [0.717, 1.165) is 32.4 Å². The van der Waals surface area contributed by atoms with Gasteiger partial charge in [-0.2, -0.15) is 0 Å². The number of carbonyl (C=O) groups excluding carboxylic acids is 1. The van der Waals surface area contributed by atoms with Crippen molar-refractivity contribution in [2.45, 2.75) is 38.1 Å². The third-order valence-corrected chi connectivity index (χ3v) is 3.59. The topological polar surface area (TPSA) is 64.0 Å². The predicted octanol–water partition coefficient (Wildman–Crippen LogP) is 0.0641. The molecule has 1 fully saturated rings. The second-order valence-electron chi connectivity index (χ2n) is 5.03. The number of carbonyl (C=O) groups is 1. The third kappa shape index (κ3) is 4.92. The van der Waals surface area contributed by atoms with Crippen LogP contribution in [0.1, 0.15) is 32.1 Å². The van der Waals surface area contributed by atoms with Gasteiger partial charge in [0.1, 0.15) is 0 Å². The summed E-state index contributed by atoms with van der Waals surface area (Å²) in [5.74, 6) is 0.118. The van der Waals surface area contributed by atoms with Crippen LogP contribution in [0.4, 0.5) is 0 Å². The Labute approximate surface area is 109 Å². The van der Waals surface area contributed by atoms with Crippen LogP contribution in [0.3, 0.4) is 0 Å². The number of rotatable bonds is 7. The maximum Gasteiger partial charge on any atom is 0.222 e. The van der Waals surface area contributed by atoms with E-state index >= 15 is 0 Å². The Kier molecular flexibility index (Phi) is 7.23. The number of piperidine rings is 1. The fraction of sp³-hybridized carbons (Fsp3) is 0.923. The lowest BCUT2D eigenvalue weighted by Crippen LogP contribution is -2.47. The summed E-state index contributed by atoms with van der Waals surface area (Å²) in [5.41, 5.74) is 0. The van der Waals surface area contributed by atoms with Gasteiger partial charge in [0.05, 0.1) is 6.61 Å². The first-order chi connectivity index (χ1) is 8.69. The van der Waals surface area contributed by atoms with Gasteiger partial charge in [0.15, 0.2) is 0 Å². The molecule has 0 unspecified atom stereocenters. The molecule has 0 radical (unpaired) electrons. The molecule has 0 aliphatic carbocycles. The van der Waals surface area contributed by atoms with E-state index < -0.39 is 0 Å². The van der Waals surface area contributed by atoms with Crippen LogP contribution < -0.4 is 0 Å². The summed E-state index contributed by atoms with van der Waals surface area (Å²) in [5, 5.41) is 17.8. The van der Waals surface area contributed by atoms with Crippen LogP contribution in [-0.2, 0) is 4.79 Å². The minimum absolute atomic E-state index is 0.0259. The highest BCUT2D eigenvalue weighted by Gasteiger charge is 2.25. The normalized spacial score (nSPS) is 17.9. The molecule has 0 bridgehead atoms. The number of unbranched alkanes of at least 4 members (excludes halogenated alkanes) is 1. The number of amides is 1. The Morgan fingerprint density at radius 2 is 1.89 bits per heavy atom. The SMILES string of the molecule is CN1CCC(N(CCO)C(=O)CCCCO)CC1. The van der Waals surface area contributed by atoms with E-state index in [2.05, 4.69) is 11.9 Å². The molecule has 0 aromatic rings. The van der Waals surface area contributed by atoms with Gasteiger partial charge in [0.2, 0.25) is 5.91 Å². The average Bonchev–Trinajstić information content (AvgIpc) is 2.37. The zero-order valence-electron chi connectivity index (χ0n) is 11.3. The van der Waals surface area contributed by atoms with Gasteiger partial charge in [0.25, 0.3) is 0 Å². The number of hydrogen-bond donors (Lipinski definition) is 2. The fourth-order valence-corrected chi connectivity index (χ4v) is 2.46. The summed E-state index contributed by atoms with van der Waals surface area (Å²) >= 11 is 0. The second-order valence-corrected chi connectivity index (χ2v) is 5.03. The van der Waals surface area contributed by atoms with Crippen LogP contribution in [0.2, 0.25) is 0 Å². The standard InChI is InChI=1S/C13H26N2O3/c1-14-7-5-12(6-8-14)15(9-11-17)13(18)4-2-3-10-16/h12,16-17H,2-11H2,1H3. The quantitative estimate of drug-likeness (QED) is 0.634. The smallest absolute Gasteiger partial charge is 0.222 e. The molecule has 5 heteroatoms. The van der Waals surface area contributed by atoms with E-state index in [9.17, 15) is 4.79 Å². The Bertz CT molecular complexity index is 240. The van der Waals surface area contributed by atoms with Crippen LogP contribution in [0.15, 0.2) is 0 Å². The third-order valence-electron chi connectivity index (χ3n) is 3.59. The van der Waals surface area contributed by atoms with E-state index in [1.54, 1.807) is 0 Å². The maximum atomic E-state index is 12.1. The molecule has 5 nitrogen and oxygen atoms in total. The van der Waals surface area contributed by atoms with Crippen LogP contribution in [0, 0.1) is 0 Å². The predicted molar refractivity (Wildman–Crippen MR) is 70.3 cm³/mol. The van der Waals surface area contributed by atoms with Crippen LogP contribution >= 0.6 is 0 Å². The zero-order chi connectivity index (χ0) is 13.4. The molecule has 0 atom stereocenters. The van der Waals surface area contributed by atoms with Gasteiger partial charge in [-0.25, -0.2) is 0 Å². The molecule has 1 amide bonds. The number of hydrogen-bond acceptors (Lipinski definition) is 4. The molecule has 1 aliphatic heterocycles. The summed E-state index contributed by atoms with van der Waals surface area (Å²) in [7, 11) is 2.09. The Balaban J connectivity index is 2.44. The minimum atomic E-state index is 0.0259. The van der Waals surface area contributed by atoms with Crippen molar-refractivity contribution in [1.29, 1.82) is 0 Å². The maximum absolute atomic E-state index is 12.1. The highest BCUT2D eigenvalue weighted by Crippen LogP contribution is 2.17. The molecule has 0 aromatic heterocycles. The molecule has 1 aliphatic rings. The lowest BCUT2D eigenvalue weighted by Gasteiger charge is -2.37. The summed E-state index contributed by atoms with van der Waals surface area (Å²) in [6.07, 6.45) is 3.85. The molecule has 2 N–H and O–H groups in total. The van der Waals surface area contributed by atoms with Gasteiger partial charge >= 0.3 is 0 Å². The van der Waals surface area contributed by atoms with E-state index in [1.807, 2.05) is 4.90 Å². The number of aliphatic hydroxyl groups excluding tert-OH is 2. The van der Waals surface area contributed by atoms with Crippen molar-refractivity contribution in [2.75, 3.05) is 39.9 Å². The molecule has 1 heterocycles. The van der Waals surface area contributed by atoms with E-state index in [0.29, 0.717) is 19.4 Å². The molecule has 0 saturated carbocycles. The summed E-state index contributed by atoms with van der Waals surface area (Å²) in [4.78, 5) is 16.2. The lowest BCUT2D eigenvalue weighted by atomic mass is 10.0. The van der Waals surface area contributed by atoms with E-state index in [1.165, 1.54) is 0 Å². The van der Waals surface area contributed by atoms with Crippen LogP contribution in [0.5, 0.6) is 0 Å². The molecule has 1 rings (SSSR count). The molecule has 0 aromatic carbocycles. The van der Waals surface area contributed by atoms with E-state index in [4.69, 9.17) is 10.2 Å². The van der Waals surface area contributed by atoms with Crippen molar-refractivity contribution in [3.63, 3.8) is 0 Å². The fourth-order valence-electron chi connectivity index (χ4n) is 2.46. The van der Waals surface area contributed by atoms with Crippen molar-refractivity contribution < 1.29 is 15.0 Å². The van der Waals surface area contributed by atoms with Gasteiger partial charge in [0, 0.05) is 25.6 Å².